The standard InChI is InChI=1S/C13H18FN5/c1-3-11-5-12(19(2)18-11)6-13(17-15)9-4-10(14)8-16-7-9/h4-5,7-8,13,17H,3,6,15H2,1-2H3. The largest absolute Gasteiger partial charge is 0.272 e. The van der Waals surface area contributed by atoms with Crippen molar-refractivity contribution < 1.29 is 4.39 Å². The van der Waals surface area contributed by atoms with Gasteiger partial charge in [-0.3, -0.25) is 20.9 Å². The van der Waals surface area contributed by atoms with Gasteiger partial charge in [-0.1, -0.05) is 6.92 Å². The van der Waals surface area contributed by atoms with Gasteiger partial charge in [0.25, 0.3) is 0 Å². The molecule has 0 aromatic carbocycles. The number of aromatic nitrogens is 3. The minimum Gasteiger partial charge on any atom is -0.272 e. The van der Waals surface area contributed by atoms with Gasteiger partial charge in [-0.2, -0.15) is 5.10 Å². The van der Waals surface area contributed by atoms with Crippen molar-refractivity contribution in [1.29, 1.82) is 0 Å². The van der Waals surface area contributed by atoms with Crippen LogP contribution >= 0.6 is 0 Å². The Kier molecular flexibility index (Phi) is 4.24. The Balaban J connectivity index is 2.21. The monoisotopic (exact) mass is 263 g/mol. The number of aryl methyl sites for hydroxylation is 2. The third kappa shape index (κ3) is 3.15. The first kappa shape index (κ1) is 13.6. The zero-order chi connectivity index (χ0) is 13.8. The summed E-state index contributed by atoms with van der Waals surface area (Å²) in [5.41, 5.74) is 5.50. The van der Waals surface area contributed by atoms with Crippen LogP contribution < -0.4 is 11.3 Å². The highest BCUT2D eigenvalue weighted by molar-refractivity contribution is 5.19. The molecule has 3 N–H and O–H groups in total. The van der Waals surface area contributed by atoms with Gasteiger partial charge in [-0.15, -0.1) is 0 Å². The average molecular weight is 263 g/mol. The molecule has 0 saturated carbocycles. The summed E-state index contributed by atoms with van der Waals surface area (Å²) in [7, 11) is 1.89. The van der Waals surface area contributed by atoms with E-state index in [1.165, 1.54) is 12.3 Å². The van der Waals surface area contributed by atoms with E-state index >= 15 is 0 Å². The summed E-state index contributed by atoms with van der Waals surface area (Å²) in [5.74, 6) is 5.20. The van der Waals surface area contributed by atoms with Crippen LogP contribution in [-0.4, -0.2) is 14.8 Å². The highest BCUT2D eigenvalue weighted by atomic mass is 19.1. The van der Waals surface area contributed by atoms with Gasteiger partial charge in [0.1, 0.15) is 5.82 Å². The molecule has 2 heterocycles. The number of hydrogen-bond donors (Lipinski definition) is 2. The lowest BCUT2D eigenvalue weighted by Gasteiger charge is -2.15. The molecule has 1 atom stereocenters. The summed E-state index contributed by atoms with van der Waals surface area (Å²) in [5, 5.41) is 4.39. The van der Waals surface area contributed by atoms with E-state index in [1.807, 2.05) is 17.8 Å². The van der Waals surface area contributed by atoms with Crippen molar-refractivity contribution in [1.82, 2.24) is 20.2 Å². The Morgan fingerprint density at radius 3 is 2.79 bits per heavy atom. The van der Waals surface area contributed by atoms with Crippen molar-refractivity contribution in [2.45, 2.75) is 25.8 Å². The maximum atomic E-state index is 13.2. The van der Waals surface area contributed by atoms with Crippen LogP contribution in [0.4, 0.5) is 4.39 Å². The lowest BCUT2D eigenvalue weighted by Crippen LogP contribution is -2.30. The average Bonchev–Trinajstić information content (AvgIpc) is 2.76. The number of pyridine rings is 1. The molecule has 19 heavy (non-hydrogen) atoms. The quantitative estimate of drug-likeness (QED) is 0.629. The van der Waals surface area contributed by atoms with Crippen molar-refractivity contribution in [3.8, 4) is 0 Å². The van der Waals surface area contributed by atoms with Crippen LogP contribution in [0.2, 0.25) is 0 Å². The molecule has 1 unspecified atom stereocenters. The number of halogens is 1. The molecule has 5 nitrogen and oxygen atoms in total. The van der Waals surface area contributed by atoms with Crippen LogP contribution in [0, 0.1) is 5.82 Å². The predicted octanol–water partition coefficient (Wildman–Crippen LogP) is 1.26. The molecule has 0 spiro atoms. The molecule has 0 aliphatic carbocycles. The fraction of sp³-hybridized carbons (Fsp3) is 0.385. The fourth-order valence-electron chi connectivity index (χ4n) is 2.04. The van der Waals surface area contributed by atoms with Crippen molar-refractivity contribution in [2.24, 2.45) is 12.9 Å². The van der Waals surface area contributed by atoms with Crippen LogP contribution in [0.25, 0.3) is 0 Å². The molecular weight excluding hydrogens is 245 g/mol. The highest BCUT2D eigenvalue weighted by Gasteiger charge is 2.14. The number of nitrogens with zero attached hydrogens (tertiary/aromatic N) is 3. The van der Waals surface area contributed by atoms with E-state index in [4.69, 9.17) is 5.84 Å². The Labute approximate surface area is 111 Å². The molecule has 6 heteroatoms. The number of nitrogens with two attached hydrogens (primary N) is 1. The Bertz CT molecular complexity index is 552. The smallest absolute Gasteiger partial charge is 0.141 e. The van der Waals surface area contributed by atoms with Gasteiger partial charge in [0.05, 0.1) is 17.9 Å². The number of hydrogen-bond acceptors (Lipinski definition) is 4. The van der Waals surface area contributed by atoms with Gasteiger partial charge < -0.3 is 0 Å². The molecule has 0 aliphatic heterocycles. The molecule has 0 saturated heterocycles. The maximum Gasteiger partial charge on any atom is 0.141 e. The zero-order valence-corrected chi connectivity index (χ0v) is 11.1. The number of hydrazine groups is 1. The topological polar surface area (TPSA) is 68.8 Å². The Morgan fingerprint density at radius 2 is 2.21 bits per heavy atom. The summed E-state index contributed by atoms with van der Waals surface area (Å²) < 4.78 is 15.0. The van der Waals surface area contributed by atoms with Crippen LogP contribution in [0.1, 0.15) is 29.9 Å². The van der Waals surface area contributed by atoms with Crippen LogP contribution in [0.15, 0.2) is 24.5 Å². The summed E-state index contributed by atoms with van der Waals surface area (Å²) in [4.78, 5) is 3.85. The van der Waals surface area contributed by atoms with Crippen molar-refractivity contribution in [3.05, 3.63) is 47.3 Å². The first-order valence-electron chi connectivity index (χ1n) is 6.22. The summed E-state index contributed by atoms with van der Waals surface area (Å²) in [6.45, 7) is 2.06. The van der Waals surface area contributed by atoms with Crippen LogP contribution in [0.3, 0.4) is 0 Å². The summed E-state index contributed by atoms with van der Waals surface area (Å²) in [6, 6.07) is 3.29. The fourth-order valence-corrected chi connectivity index (χ4v) is 2.04. The molecule has 0 bridgehead atoms. The van der Waals surface area contributed by atoms with Crippen LogP contribution in [0.5, 0.6) is 0 Å². The Hall–Kier alpha value is -1.79. The van der Waals surface area contributed by atoms with Gasteiger partial charge in [-0.05, 0) is 24.1 Å². The maximum absolute atomic E-state index is 13.2. The molecule has 2 aromatic rings. The third-order valence-corrected chi connectivity index (χ3v) is 3.13. The summed E-state index contributed by atoms with van der Waals surface area (Å²) in [6.07, 6.45) is 4.31. The first-order chi connectivity index (χ1) is 9.13. The van der Waals surface area contributed by atoms with Gasteiger partial charge in [0.15, 0.2) is 0 Å². The normalized spacial score (nSPS) is 12.6. The van der Waals surface area contributed by atoms with E-state index in [0.29, 0.717) is 6.42 Å². The number of rotatable bonds is 5. The van der Waals surface area contributed by atoms with Gasteiger partial charge in [-0.25, -0.2) is 4.39 Å². The highest BCUT2D eigenvalue weighted by Crippen LogP contribution is 2.18. The van der Waals surface area contributed by atoms with Gasteiger partial charge in [0, 0.05) is 25.4 Å². The van der Waals surface area contributed by atoms with E-state index < -0.39 is 0 Å². The van der Waals surface area contributed by atoms with Crippen molar-refractivity contribution in [2.75, 3.05) is 0 Å². The van der Waals surface area contributed by atoms with Crippen molar-refractivity contribution >= 4 is 0 Å². The third-order valence-electron chi connectivity index (χ3n) is 3.13. The first-order valence-corrected chi connectivity index (χ1v) is 6.22. The second kappa shape index (κ2) is 5.90. The van der Waals surface area contributed by atoms with E-state index in [9.17, 15) is 4.39 Å². The molecule has 0 amide bonds. The van der Waals surface area contributed by atoms with E-state index in [-0.39, 0.29) is 11.9 Å². The Morgan fingerprint density at radius 1 is 1.42 bits per heavy atom. The van der Waals surface area contributed by atoms with Gasteiger partial charge in [0.2, 0.25) is 0 Å². The molecule has 102 valence electrons. The predicted molar refractivity (Wildman–Crippen MR) is 70.5 cm³/mol. The SMILES string of the molecule is CCc1cc(CC(NN)c2cncc(F)c2)n(C)n1. The van der Waals surface area contributed by atoms with E-state index in [2.05, 4.69) is 22.4 Å². The zero-order valence-electron chi connectivity index (χ0n) is 11.1. The minimum atomic E-state index is -0.364. The lowest BCUT2D eigenvalue weighted by molar-refractivity contribution is 0.522. The second-order valence-corrected chi connectivity index (χ2v) is 4.46. The van der Waals surface area contributed by atoms with Gasteiger partial charge >= 0.3 is 0 Å². The summed E-state index contributed by atoms with van der Waals surface area (Å²) >= 11 is 0. The molecular formula is C13H18FN5. The second-order valence-electron chi connectivity index (χ2n) is 4.46. The minimum absolute atomic E-state index is 0.191. The molecule has 0 fully saturated rings. The van der Waals surface area contributed by atoms with E-state index in [0.717, 1.165) is 23.4 Å². The van der Waals surface area contributed by atoms with Crippen molar-refractivity contribution in [3.63, 3.8) is 0 Å². The lowest BCUT2D eigenvalue weighted by atomic mass is 10.0. The molecule has 2 aromatic heterocycles. The van der Waals surface area contributed by atoms with E-state index in [1.54, 1.807) is 6.20 Å². The molecule has 0 aliphatic rings. The van der Waals surface area contributed by atoms with Crippen LogP contribution in [-0.2, 0) is 19.9 Å². The molecule has 0 radical (unpaired) electrons. The molecule has 2 rings (SSSR count). The number of nitrogens with one attached hydrogen (secondary N) is 1.